The maximum Gasteiger partial charge on any atom is 0.220 e. The van der Waals surface area contributed by atoms with Gasteiger partial charge >= 0.3 is 0 Å². The summed E-state index contributed by atoms with van der Waals surface area (Å²) in [5.74, 6) is 1.70. The highest BCUT2D eigenvalue weighted by Gasteiger charge is 2.33. The summed E-state index contributed by atoms with van der Waals surface area (Å²) in [7, 11) is 3.23. The molecule has 4 rings (SSSR count). The molecule has 9 heteroatoms. The molecule has 32 heavy (non-hydrogen) atoms. The van der Waals surface area contributed by atoms with Gasteiger partial charge < -0.3 is 15.2 Å². The average molecular weight is 437 g/mol. The monoisotopic (exact) mass is 436 g/mol. The third-order valence-corrected chi connectivity index (χ3v) is 6.00. The van der Waals surface area contributed by atoms with Crippen molar-refractivity contribution in [3.05, 3.63) is 65.5 Å². The first kappa shape index (κ1) is 21.8. The number of amides is 1. The number of carbonyl (C=O) groups excluding carboxylic acids is 1. The SMILES string of the molecule is COc1ccc([C@H](c2nnnn2Cc2ccccc2)N2CCC(C(N)=O)CC2)cc1OC. The fourth-order valence-electron chi connectivity index (χ4n) is 4.26. The molecule has 0 aliphatic carbocycles. The number of aromatic nitrogens is 4. The number of benzene rings is 2. The second-order valence-corrected chi connectivity index (χ2v) is 7.91. The molecule has 0 saturated carbocycles. The van der Waals surface area contributed by atoms with Gasteiger partial charge in [0, 0.05) is 5.92 Å². The highest BCUT2D eigenvalue weighted by molar-refractivity contribution is 5.76. The van der Waals surface area contributed by atoms with Gasteiger partial charge in [-0.25, -0.2) is 4.68 Å². The number of rotatable bonds is 8. The van der Waals surface area contributed by atoms with Crippen LogP contribution in [0.1, 0.15) is 35.8 Å². The van der Waals surface area contributed by atoms with Crippen LogP contribution in [-0.2, 0) is 11.3 Å². The molecule has 168 valence electrons. The summed E-state index contributed by atoms with van der Waals surface area (Å²) in [4.78, 5) is 14.0. The maximum atomic E-state index is 11.7. The van der Waals surface area contributed by atoms with Crippen LogP contribution in [0.25, 0.3) is 0 Å². The topological polar surface area (TPSA) is 108 Å². The third-order valence-electron chi connectivity index (χ3n) is 6.00. The van der Waals surface area contributed by atoms with E-state index in [0.717, 1.165) is 17.0 Å². The molecular formula is C23H28N6O3. The van der Waals surface area contributed by atoms with Gasteiger partial charge in [0.1, 0.15) is 0 Å². The first-order valence-corrected chi connectivity index (χ1v) is 10.7. The molecule has 1 aliphatic rings. The Labute approximate surface area is 187 Å². The highest BCUT2D eigenvalue weighted by Crippen LogP contribution is 2.36. The molecule has 1 fully saturated rings. The number of nitrogens with two attached hydrogens (primary N) is 1. The van der Waals surface area contributed by atoms with E-state index in [1.807, 2.05) is 41.1 Å². The Kier molecular flexibility index (Phi) is 6.65. The smallest absolute Gasteiger partial charge is 0.220 e. The molecule has 2 heterocycles. The molecule has 0 bridgehead atoms. The van der Waals surface area contributed by atoms with Crippen molar-refractivity contribution in [3.8, 4) is 11.5 Å². The van der Waals surface area contributed by atoms with Crippen molar-refractivity contribution in [2.75, 3.05) is 27.3 Å². The number of piperidine rings is 1. The van der Waals surface area contributed by atoms with Gasteiger partial charge in [-0.15, -0.1) is 5.10 Å². The van der Waals surface area contributed by atoms with Gasteiger partial charge in [-0.05, 0) is 59.6 Å². The van der Waals surface area contributed by atoms with E-state index >= 15 is 0 Å². The van der Waals surface area contributed by atoms with Crippen LogP contribution in [0.5, 0.6) is 11.5 Å². The maximum absolute atomic E-state index is 11.7. The van der Waals surface area contributed by atoms with Gasteiger partial charge in [0.15, 0.2) is 17.3 Å². The lowest BCUT2D eigenvalue weighted by molar-refractivity contribution is -0.123. The summed E-state index contributed by atoms with van der Waals surface area (Å²) in [5.41, 5.74) is 7.65. The molecule has 2 N–H and O–H groups in total. The van der Waals surface area contributed by atoms with Crippen LogP contribution < -0.4 is 15.2 Å². The zero-order valence-corrected chi connectivity index (χ0v) is 18.3. The Morgan fingerprint density at radius 2 is 1.81 bits per heavy atom. The minimum Gasteiger partial charge on any atom is -0.493 e. The number of nitrogens with zero attached hydrogens (tertiary/aromatic N) is 5. The van der Waals surface area contributed by atoms with Crippen molar-refractivity contribution in [1.82, 2.24) is 25.1 Å². The Morgan fingerprint density at radius 3 is 2.47 bits per heavy atom. The number of hydrogen-bond acceptors (Lipinski definition) is 7. The lowest BCUT2D eigenvalue weighted by atomic mass is 9.93. The molecule has 3 aromatic rings. The molecule has 9 nitrogen and oxygen atoms in total. The average Bonchev–Trinajstić information content (AvgIpc) is 3.27. The number of primary amides is 1. The van der Waals surface area contributed by atoms with E-state index in [2.05, 4.69) is 32.6 Å². The minimum absolute atomic E-state index is 0.0994. The van der Waals surface area contributed by atoms with Crippen molar-refractivity contribution >= 4 is 5.91 Å². The van der Waals surface area contributed by atoms with Gasteiger partial charge in [-0.1, -0.05) is 36.4 Å². The number of carbonyl (C=O) groups is 1. The zero-order chi connectivity index (χ0) is 22.5. The number of methoxy groups -OCH3 is 2. The molecule has 0 spiro atoms. The van der Waals surface area contributed by atoms with Crippen molar-refractivity contribution in [2.24, 2.45) is 11.7 Å². The van der Waals surface area contributed by atoms with E-state index in [1.54, 1.807) is 14.2 Å². The number of tetrazole rings is 1. The molecule has 1 aliphatic heterocycles. The predicted molar refractivity (Wildman–Crippen MR) is 118 cm³/mol. The summed E-state index contributed by atoms with van der Waals surface area (Å²) < 4.78 is 12.8. The Bertz CT molecular complexity index is 1050. The normalized spacial score (nSPS) is 15.9. The molecule has 1 aromatic heterocycles. The Hall–Kier alpha value is -3.46. The van der Waals surface area contributed by atoms with Gasteiger partial charge in [-0.3, -0.25) is 9.69 Å². The lowest BCUT2D eigenvalue weighted by Crippen LogP contribution is -2.41. The fourth-order valence-corrected chi connectivity index (χ4v) is 4.26. The molecule has 1 atom stereocenters. The Morgan fingerprint density at radius 1 is 1.09 bits per heavy atom. The van der Waals surface area contributed by atoms with E-state index in [1.165, 1.54) is 0 Å². The zero-order valence-electron chi connectivity index (χ0n) is 18.3. The molecule has 2 aromatic carbocycles. The Balaban J connectivity index is 1.71. The molecule has 1 amide bonds. The van der Waals surface area contributed by atoms with Crippen LogP contribution in [-0.4, -0.2) is 58.3 Å². The predicted octanol–water partition coefficient (Wildman–Crippen LogP) is 2.03. The molecule has 0 unspecified atom stereocenters. The van der Waals surface area contributed by atoms with Crippen molar-refractivity contribution < 1.29 is 14.3 Å². The number of ether oxygens (including phenoxy) is 2. The van der Waals surface area contributed by atoms with Gasteiger partial charge in [0.05, 0.1) is 26.8 Å². The number of hydrogen-bond donors (Lipinski definition) is 1. The number of likely N-dealkylation sites (tertiary alicyclic amines) is 1. The van der Waals surface area contributed by atoms with Crippen LogP contribution in [0.15, 0.2) is 48.5 Å². The van der Waals surface area contributed by atoms with Gasteiger partial charge in [0.25, 0.3) is 0 Å². The van der Waals surface area contributed by atoms with Crippen LogP contribution in [0.4, 0.5) is 0 Å². The minimum atomic E-state index is -0.235. The second-order valence-electron chi connectivity index (χ2n) is 7.91. The first-order valence-electron chi connectivity index (χ1n) is 10.7. The van der Waals surface area contributed by atoms with E-state index in [-0.39, 0.29) is 17.9 Å². The van der Waals surface area contributed by atoms with Crippen molar-refractivity contribution in [2.45, 2.75) is 25.4 Å². The van der Waals surface area contributed by atoms with E-state index in [9.17, 15) is 4.79 Å². The largest absolute Gasteiger partial charge is 0.493 e. The summed E-state index contributed by atoms with van der Waals surface area (Å²) in [6.07, 6.45) is 1.42. The summed E-state index contributed by atoms with van der Waals surface area (Å²) in [5, 5.41) is 12.7. The van der Waals surface area contributed by atoms with Crippen LogP contribution in [0.2, 0.25) is 0 Å². The van der Waals surface area contributed by atoms with E-state index in [0.29, 0.717) is 44.0 Å². The standard InChI is InChI=1S/C23H28N6O3/c1-31-19-9-8-18(14-20(19)32-2)21(28-12-10-17(11-13-28)22(24)30)23-25-26-27-29(23)15-16-6-4-3-5-7-16/h3-9,14,17,21H,10-13,15H2,1-2H3,(H2,24,30)/t21-/m1/s1. The van der Waals surface area contributed by atoms with E-state index in [4.69, 9.17) is 15.2 Å². The second kappa shape index (κ2) is 9.78. The quantitative estimate of drug-likeness (QED) is 0.575. The fraction of sp³-hybridized carbons (Fsp3) is 0.391. The van der Waals surface area contributed by atoms with E-state index < -0.39 is 0 Å². The van der Waals surface area contributed by atoms with Crippen molar-refractivity contribution in [1.29, 1.82) is 0 Å². The van der Waals surface area contributed by atoms with Crippen LogP contribution in [0.3, 0.4) is 0 Å². The molecule has 1 saturated heterocycles. The lowest BCUT2D eigenvalue weighted by Gasteiger charge is -2.36. The van der Waals surface area contributed by atoms with Crippen LogP contribution >= 0.6 is 0 Å². The highest BCUT2D eigenvalue weighted by atomic mass is 16.5. The third kappa shape index (κ3) is 4.57. The van der Waals surface area contributed by atoms with Gasteiger partial charge in [0.2, 0.25) is 5.91 Å². The van der Waals surface area contributed by atoms with Gasteiger partial charge in [-0.2, -0.15) is 0 Å². The summed E-state index contributed by atoms with van der Waals surface area (Å²) in [6.45, 7) is 1.99. The summed E-state index contributed by atoms with van der Waals surface area (Å²) in [6, 6.07) is 15.7. The molecule has 0 radical (unpaired) electrons. The van der Waals surface area contributed by atoms with Crippen molar-refractivity contribution in [3.63, 3.8) is 0 Å². The van der Waals surface area contributed by atoms with Crippen LogP contribution in [0, 0.1) is 5.92 Å². The first-order chi connectivity index (χ1) is 15.6. The molecular weight excluding hydrogens is 408 g/mol. The summed E-state index contributed by atoms with van der Waals surface area (Å²) >= 11 is 0.